The van der Waals surface area contributed by atoms with E-state index in [1.165, 1.54) is 0 Å². The number of carbonyl (C=O) groups is 1. The van der Waals surface area contributed by atoms with Gasteiger partial charge in [0.05, 0.1) is 6.54 Å². The minimum absolute atomic E-state index is 0.0276. The van der Waals surface area contributed by atoms with Crippen LogP contribution in [0.15, 0.2) is 12.4 Å². The van der Waals surface area contributed by atoms with Gasteiger partial charge in [-0.05, 0) is 27.7 Å². The Balaban J connectivity index is 2.17. The molecule has 0 saturated heterocycles. The Labute approximate surface area is 103 Å². The summed E-state index contributed by atoms with van der Waals surface area (Å²) in [5.41, 5.74) is -0.167. The normalized spacial score (nSPS) is 11.5. The Morgan fingerprint density at radius 1 is 1.47 bits per heavy atom. The molecule has 5 nitrogen and oxygen atoms in total. The molecule has 96 valence electrons. The van der Waals surface area contributed by atoms with E-state index >= 15 is 0 Å². The molecule has 1 rings (SSSR count). The third-order valence-electron chi connectivity index (χ3n) is 2.25. The van der Waals surface area contributed by atoms with Crippen molar-refractivity contribution in [3.8, 4) is 0 Å². The van der Waals surface area contributed by atoms with Crippen molar-refractivity contribution in [3.05, 3.63) is 18.2 Å². The fourth-order valence-electron chi connectivity index (χ4n) is 1.50. The molecule has 0 aliphatic carbocycles. The zero-order valence-electron chi connectivity index (χ0n) is 11.1. The van der Waals surface area contributed by atoms with E-state index in [1.54, 1.807) is 6.20 Å². The number of nitrogens with one attached hydrogen (secondary N) is 2. The van der Waals surface area contributed by atoms with Gasteiger partial charge in [-0.1, -0.05) is 0 Å². The predicted molar refractivity (Wildman–Crippen MR) is 67.7 cm³/mol. The summed E-state index contributed by atoms with van der Waals surface area (Å²) in [7, 11) is 0. The SMILES string of the molecule is Cc1nccn1CCNCC(=O)NC(C)(C)C. The second kappa shape index (κ2) is 5.82. The summed E-state index contributed by atoms with van der Waals surface area (Å²) in [5.74, 6) is 1.02. The highest BCUT2D eigenvalue weighted by atomic mass is 16.2. The number of imidazole rings is 1. The van der Waals surface area contributed by atoms with E-state index in [-0.39, 0.29) is 11.4 Å². The van der Waals surface area contributed by atoms with Crippen LogP contribution in [-0.4, -0.2) is 34.1 Å². The quantitative estimate of drug-likeness (QED) is 0.742. The summed E-state index contributed by atoms with van der Waals surface area (Å²) in [6.45, 7) is 9.82. The van der Waals surface area contributed by atoms with E-state index in [2.05, 4.69) is 20.2 Å². The van der Waals surface area contributed by atoms with Crippen molar-refractivity contribution in [3.63, 3.8) is 0 Å². The van der Waals surface area contributed by atoms with Gasteiger partial charge in [0.15, 0.2) is 0 Å². The lowest BCUT2D eigenvalue weighted by atomic mass is 10.1. The molecule has 2 N–H and O–H groups in total. The number of rotatable bonds is 5. The third-order valence-corrected chi connectivity index (χ3v) is 2.25. The molecule has 0 fully saturated rings. The number of aromatic nitrogens is 2. The molecule has 0 aliphatic rings. The molecule has 1 heterocycles. The number of aryl methyl sites for hydroxylation is 1. The Morgan fingerprint density at radius 2 is 2.18 bits per heavy atom. The Bertz CT molecular complexity index is 365. The van der Waals surface area contributed by atoms with E-state index < -0.39 is 0 Å². The fraction of sp³-hybridized carbons (Fsp3) is 0.667. The van der Waals surface area contributed by atoms with Crippen molar-refractivity contribution in [1.29, 1.82) is 0 Å². The molecular formula is C12H22N4O. The van der Waals surface area contributed by atoms with Crippen molar-refractivity contribution in [1.82, 2.24) is 20.2 Å². The molecule has 1 amide bonds. The minimum Gasteiger partial charge on any atom is -0.350 e. The monoisotopic (exact) mass is 238 g/mol. The molecule has 0 radical (unpaired) electrons. The third kappa shape index (κ3) is 5.49. The molecule has 0 unspecified atom stereocenters. The first kappa shape index (κ1) is 13.7. The maximum atomic E-state index is 11.5. The van der Waals surface area contributed by atoms with E-state index in [1.807, 2.05) is 33.9 Å². The van der Waals surface area contributed by atoms with Crippen LogP contribution < -0.4 is 10.6 Å². The topological polar surface area (TPSA) is 59.0 Å². The average molecular weight is 238 g/mol. The van der Waals surface area contributed by atoms with Crippen molar-refractivity contribution in [2.75, 3.05) is 13.1 Å². The number of nitrogens with zero attached hydrogens (tertiary/aromatic N) is 2. The van der Waals surface area contributed by atoms with Gasteiger partial charge in [0, 0.05) is 31.0 Å². The van der Waals surface area contributed by atoms with Crippen LogP contribution in [0.1, 0.15) is 26.6 Å². The lowest BCUT2D eigenvalue weighted by Crippen LogP contribution is -2.45. The highest BCUT2D eigenvalue weighted by Crippen LogP contribution is 1.97. The summed E-state index contributed by atoms with van der Waals surface area (Å²) in [6, 6.07) is 0. The van der Waals surface area contributed by atoms with Crippen LogP contribution in [0.4, 0.5) is 0 Å². The van der Waals surface area contributed by atoms with Crippen LogP contribution in [0.3, 0.4) is 0 Å². The van der Waals surface area contributed by atoms with Crippen LogP contribution in [0, 0.1) is 6.92 Å². The van der Waals surface area contributed by atoms with Crippen LogP contribution >= 0.6 is 0 Å². The molecule has 0 atom stereocenters. The number of hydrogen-bond acceptors (Lipinski definition) is 3. The highest BCUT2D eigenvalue weighted by molar-refractivity contribution is 5.78. The lowest BCUT2D eigenvalue weighted by molar-refractivity contribution is -0.121. The second-order valence-electron chi connectivity index (χ2n) is 5.14. The molecule has 0 saturated carbocycles. The van der Waals surface area contributed by atoms with E-state index in [0.29, 0.717) is 6.54 Å². The predicted octanol–water partition coefficient (Wildman–Crippen LogP) is 0.696. The first-order chi connectivity index (χ1) is 7.88. The van der Waals surface area contributed by atoms with Gasteiger partial charge in [0.2, 0.25) is 5.91 Å². The van der Waals surface area contributed by atoms with Crippen LogP contribution in [0.2, 0.25) is 0 Å². The van der Waals surface area contributed by atoms with Crippen molar-refractivity contribution >= 4 is 5.91 Å². The van der Waals surface area contributed by atoms with Gasteiger partial charge >= 0.3 is 0 Å². The molecule has 1 aromatic heterocycles. The molecular weight excluding hydrogens is 216 g/mol. The van der Waals surface area contributed by atoms with Crippen LogP contribution in [-0.2, 0) is 11.3 Å². The van der Waals surface area contributed by atoms with E-state index in [4.69, 9.17) is 0 Å². The highest BCUT2D eigenvalue weighted by Gasteiger charge is 2.12. The van der Waals surface area contributed by atoms with Crippen molar-refractivity contribution in [2.45, 2.75) is 39.8 Å². The maximum absolute atomic E-state index is 11.5. The zero-order chi connectivity index (χ0) is 12.9. The van der Waals surface area contributed by atoms with Gasteiger partial charge in [0.25, 0.3) is 0 Å². The summed E-state index contributed by atoms with van der Waals surface area (Å²) in [4.78, 5) is 15.6. The summed E-state index contributed by atoms with van der Waals surface area (Å²) >= 11 is 0. The Hall–Kier alpha value is -1.36. The smallest absolute Gasteiger partial charge is 0.234 e. The average Bonchev–Trinajstić information content (AvgIpc) is 2.56. The van der Waals surface area contributed by atoms with Gasteiger partial charge in [0.1, 0.15) is 5.82 Å². The Morgan fingerprint density at radius 3 is 2.71 bits per heavy atom. The summed E-state index contributed by atoms with van der Waals surface area (Å²) in [6.07, 6.45) is 3.72. The molecule has 17 heavy (non-hydrogen) atoms. The molecule has 0 aromatic carbocycles. The van der Waals surface area contributed by atoms with Gasteiger partial charge in [-0.2, -0.15) is 0 Å². The first-order valence-electron chi connectivity index (χ1n) is 5.88. The van der Waals surface area contributed by atoms with E-state index in [9.17, 15) is 4.79 Å². The van der Waals surface area contributed by atoms with Gasteiger partial charge in [-0.25, -0.2) is 4.98 Å². The number of carbonyl (C=O) groups excluding carboxylic acids is 1. The van der Waals surface area contributed by atoms with Crippen LogP contribution in [0.25, 0.3) is 0 Å². The number of hydrogen-bond donors (Lipinski definition) is 2. The first-order valence-corrected chi connectivity index (χ1v) is 5.88. The fourth-order valence-corrected chi connectivity index (χ4v) is 1.50. The summed E-state index contributed by atoms with van der Waals surface area (Å²) < 4.78 is 2.05. The Kier molecular flexibility index (Phi) is 4.69. The standard InChI is InChI=1S/C12H22N4O/c1-10-14-6-8-16(10)7-5-13-9-11(17)15-12(2,3)4/h6,8,13H,5,7,9H2,1-4H3,(H,15,17). The minimum atomic E-state index is -0.167. The maximum Gasteiger partial charge on any atom is 0.234 e. The largest absolute Gasteiger partial charge is 0.350 e. The zero-order valence-corrected chi connectivity index (χ0v) is 11.1. The van der Waals surface area contributed by atoms with Crippen molar-refractivity contribution < 1.29 is 4.79 Å². The molecule has 5 heteroatoms. The van der Waals surface area contributed by atoms with E-state index in [0.717, 1.165) is 18.9 Å². The molecule has 0 spiro atoms. The summed E-state index contributed by atoms with van der Waals surface area (Å²) in [5, 5.41) is 6.02. The van der Waals surface area contributed by atoms with Crippen molar-refractivity contribution in [2.24, 2.45) is 0 Å². The van der Waals surface area contributed by atoms with Gasteiger partial charge in [-0.15, -0.1) is 0 Å². The lowest BCUT2D eigenvalue weighted by Gasteiger charge is -2.20. The molecule has 0 bridgehead atoms. The van der Waals surface area contributed by atoms with Gasteiger partial charge < -0.3 is 15.2 Å². The second-order valence-corrected chi connectivity index (χ2v) is 5.14. The van der Waals surface area contributed by atoms with Crippen LogP contribution in [0.5, 0.6) is 0 Å². The molecule has 1 aromatic rings. The van der Waals surface area contributed by atoms with Gasteiger partial charge in [-0.3, -0.25) is 4.79 Å². The number of amides is 1. The molecule has 0 aliphatic heterocycles.